The summed E-state index contributed by atoms with van der Waals surface area (Å²) in [5.74, 6) is 0.0151. The number of hydrogen-bond donors (Lipinski definition) is 2. The van der Waals surface area contributed by atoms with E-state index in [1.54, 1.807) is 6.07 Å². The van der Waals surface area contributed by atoms with Crippen molar-refractivity contribution in [3.8, 4) is 0 Å². The van der Waals surface area contributed by atoms with Crippen LogP contribution in [0.1, 0.15) is 17.9 Å². The fourth-order valence-corrected chi connectivity index (χ4v) is 3.01. The molecule has 0 heterocycles. The molecule has 0 radical (unpaired) electrons. The van der Waals surface area contributed by atoms with Crippen LogP contribution in [0, 0.1) is 5.92 Å². The second kappa shape index (κ2) is 7.38. The smallest absolute Gasteiger partial charge is 0.313 e. The minimum absolute atomic E-state index is 0.0157. The lowest BCUT2D eigenvalue weighted by atomic mass is 10.1. The third-order valence-corrected chi connectivity index (χ3v) is 4.95. The predicted octanol–water partition coefficient (Wildman–Crippen LogP) is 3.03. The molecule has 0 aliphatic heterocycles. The predicted molar refractivity (Wildman–Crippen MR) is 85.3 cm³/mol. The van der Waals surface area contributed by atoms with Gasteiger partial charge in [0.2, 0.25) is 5.91 Å². The standard InChI is InChI=1S/C14H15Cl2NO3S/c15-11-2-1-8(5-12(11)16)9-6-10(9)14(20)17-3-4-21-7-13(18)19/h1-2,5,9-10H,3-4,6-7H2,(H,17,20)(H,18,19). The molecule has 2 rings (SSSR count). The molecule has 4 nitrogen and oxygen atoms in total. The lowest BCUT2D eigenvalue weighted by molar-refractivity contribution is -0.133. The van der Waals surface area contributed by atoms with Crippen molar-refractivity contribution in [1.82, 2.24) is 5.32 Å². The molecule has 0 aromatic heterocycles. The molecule has 0 bridgehead atoms. The average Bonchev–Trinajstić information content (AvgIpc) is 3.21. The van der Waals surface area contributed by atoms with E-state index < -0.39 is 5.97 Å². The number of benzene rings is 1. The van der Waals surface area contributed by atoms with Gasteiger partial charge >= 0.3 is 5.97 Å². The Labute approximate surface area is 137 Å². The monoisotopic (exact) mass is 347 g/mol. The molecule has 1 aromatic carbocycles. The first-order valence-electron chi connectivity index (χ1n) is 6.51. The van der Waals surface area contributed by atoms with Crippen LogP contribution in [0.15, 0.2) is 18.2 Å². The molecule has 2 N–H and O–H groups in total. The van der Waals surface area contributed by atoms with E-state index in [9.17, 15) is 9.59 Å². The quantitative estimate of drug-likeness (QED) is 0.744. The maximum atomic E-state index is 11.9. The number of aliphatic carboxylic acids is 1. The zero-order valence-electron chi connectivity index (χ0n) is 11.1. The van der Waals surface area contributed by atoms with E-state index in [0.29, 0.717) is 22.3 Å². The van der Waals surface area contributed by atoms with Crippen molar-refractivity contribution in [2.45, 2.75) is 12.3 Å². The summed E-state index contributed by atoms with van der Waals surface area (Å²) < 4.78 is 0. The summed E-state index contributed by atoms with van der Waals surface area (Å²) in [4.78, 5) is 22.3. The summed E-state index contributed by atoms with van der Waals surface area (Å²) >= 11 is 13.1. The van der Waals surface area contributed by atoms with Crippen molar-refractivity contribution < 1.29 is 14.7 Å². The Hall–Kier alpha value is -0.910. The molecule has 21 heavy (non-hydrogen) atoms. The highest BCUT2D eigenvalue weighted by Crippen LogP contribution is 2.48. The van der Waals surface area contributed by atoms with Crippen LogP contribution in [-0.4, -0.2) is 35.0 Å². The molecule has 7 heteroatoms. The molecule has 1 aliphatic rings. The topological polar surface area (TPSA) is 66.4 Å². The van der Waals surface area contributed by atoms with Crippen LogP contribution in [0.4, 0.5) is 0 Å². The molecule has 0 spiro atoms. The third-order valence-electron chi connectivity index (χ3n) is 3.27. The minimum atomic E-state index is -0.840. The van der Waals surface area contributed by atoms with Crippen molar-refractivity contribution in [1.29, 1.82) is 0 Å². The molecular formula is C14H15Cl2NO3S. The Kier molecular flexibility index (Phi) is 5.79. The maximum absolute atomic E-state index is 11.9. The Morgan fingerprint density at radius 3 is 2.76 bits per heavy atom. The molecule has 1 aliphatic carbocycles. The molecular weight excluding hydrogens is 333 g/mol. The van der Waals surface area contributed by atoms with Crippen LogP contribution < -0.4 is 5.32 Å². The molecule has 2 atom stereocenters. The van der Waals surface area contributed by atoms with E-state index in [1.807, 2.05) is 12.1 Å². The van der Waals surface area contributed by atoms with Gasteiger partial charge in [-0.15, -0.1) is 11.8 Å². The molecule has 0 saturated heterocycles. The molecule has 1 amide bonds. The van der Waals surface area contributed by atoms with E-state index in [4.69, 9.17) is 28.3 Å². The van der Waals surface area contributed by atoms with Crippen molar-refractivity contribution in [2.75, 3.05) is 18.1 Å². The number of carboxylic acid groups (broad SMARTS) is 1. The summed E-state index contributed by atoms with van der Waals surface area (Å²) in [6.45, 7) is 0.487. The second-order valence-electron chi connectivity index (χ2n) is 4.86. The van der Waals surface area contributed by atoms with Crippen LogP contribution in [0.25, 0.3) is 0 Å². The second-order valence-corrected chi connectivity index (χ2v) is 6.78. The molecule has 1 fully saturated rings. The zero-order chi connectivity index (χ0) is 15.4. The Balaban J connectivity index is 1.73. The lowest BCUT2D eigenvalue weighted by Gasteiger charge is -2.05. The van der Waals surface area contributed by atoms with Crippen LogP contribution >= 0.6 is 35.0 Å². The third kappa shape index (κ3) is 4.80. The first kappa shape index (κ1) is 16.5. The van der Waals surface area contributed by atoms with Gasteiger partial charge in [-0.25, -0.2) is 0 Å². The lowest BCUT2D eigenvalue weighted by Crippen LogP contribution is -2.27. The summed E-state index contributed by atoms with van der Waals surface area (Å²) in [6, 6.07) is 5.45. The number of carbonyl (C=O) groups excluding carboxylic acids is 1. The minimum Gasteiger partial charge on any atom is -0.481 e. The van der Waals surface area contributed by atoms with Crippen LogP contribution in [0.2, 0.25) is 10.0 Å². The highest BCUT2D eigenvalue weighted by atomic mass is 35.5. The van der Waals surface area contributed by atoms with Gasteiger partial charge in [-0.05, 0) is 30.0 Å². The summed E-state index contributed by atoms with van der Waals surface area (Å²) in [5.41, 5.74) is 1.03. The largest absolute Gasteiger partial charge is 0.481 e. The van der Waals surface area contributed by atoms with Crippen LogP contribution in [-0.2, 0) is 9.59 Å². The van der Waals surface area contributed by atoms with Crippen molar-refractivity contribution in [3.63, 3.8) is 0 Å². The number of hydrogen-bond acceptors (Lipinski definition) is 3. The van der Waals surface area contributed by atoms with Gasteiger partial charge in [0.15, 0.2) is 0 Å². The normalized spacial score (nSPS) is 20.1. The van der Waals surface area contributed by atoms with Gasteiger partial charge in [-0.3, -0.25) is 9.59 Å². The SMILES string of the molecule is O=C(O)CSCCNC(=O)C1CC1c1ccc(Cl)c(Cl)c1. The van der Waals surface area contributed by atoms with Crippen molar-refractivity contribution >= 4 is 46.8 Å². The number of halogens is 2. The average molecular weight is 348 g/mol. The van der Waals surface area contributed by atoms with Gasteiger partial charge in [0.1, 0.15) is 0 Å². The number of rotatable bonds is 7. The fourth-order valence-electron chi connectivity index (χ4n) is 2.13. The molecule has 2 unspecified atom stereocenters. The number of carbonyl (C=O) groups is 2. The first-order valence-corrected chi connectivity index (χ1v) is 8.42. The molecule has 114 valence electrons. The van der Waals surface area contributed by atoms with Gasteiger partial charge in [0.25, 0.3) is 0 Å². The van der Waals surface area contributed by atoms with Crippen molar-refractivity contribution in [2.24, 2.45) is 5.92 Å². The van der Waals surface area contributed by atoms with E-state index in [1.165, 1.54) is 11.8 Å². The number of nitrogens with one attached hydrogen (secondary N) is 1. The summed E-state index contributed by atoms with van der Waals surface area (Å²) in [5, 5.41) is 12.3. The van der Waals surface area contributed by atoms with Crippen LogP contribution in [0.5, 0.6) is 0 Å². The molecule has 1 saturated carbocycles. The van der Waals surface area contributed by atoms with Gasteiger partial charge in [0.05, 0.1) is 15.8 Å². The van der Waals surface area contributed by atoms with Gasteiger partial charge in [0, 0.05) is 18.2 Å². The summed E-state index contributed by atoms with van der Waals surface area (Å²) in [6.07, 6.45) is 0.812. The highest BCUT2D eigenvalue weighted by molar-refractivity contribution is 7.99. The highest BCUT2D eigenvalue weighted by Gasteiger charge is 2.43. The van der Waals surface area contributed by atoms with Crippen molar-refractivity contribution in [3.05, 3.63) is 33.8 Å². The number of carboxylic acids is 1. The Morgan fingerprint density at radius 2 is 2.10 bits per heavy atom. The van der Waals surface area contributed by atoms with E-state index in [0.717, 1.165) is 12.0 Å². The Bertz CT molecular complexity index is 553. The van der Waals surface area contributed by atoms with Gasteiger partial charge in [-0.2, -0.15) is 0 Å². The van der Waals surface area contributed by atoms with Gasteiger partial charge < -0.3 is 10.4 Å². The maximum Gasteiger partial charge on any atom is 0.313 e. The summed E-state index contributed by atoms with van der Waals surface area (Å²) in [7, 11) is 0. The van der Waals surface area contributed by atoms with Gasteiger partial charge in [-0.1, -0.05) is 29.3 Å². The van der Waals surface area contributed by atoms with E-state index in [2.05, 4.69) is 5.32 Å². The molecule has 1 aromatic rings. The Morgan fingerprint density at radius 1 is 1.33 bits per heavy atom. The fraction of sp³-hybridized carbons (Fsp3) is 0.429. The number of thioether (sulfide) groups is 1. The van der Waals surface area contributed by atoms with Crippen LogP contribution in [0.3, 0.4) is 0 Å². The zero-order valence-corrected chi connectivity index (χ0v) is 13.5. The van der Waals surface area contributed by atoms with E-state index in [-0.39, 0.29) is 23.5 Å². The van der Waals surface area contributed by atoms with E-state index >= 15 is 0 Å². The number of amides is 1. The first-order chi connectivity index (χ1) is 9.99.